The van der Waals surface area contributed by atoms with E-state index < -0.39 is 6.04 Å². The first kappa shape index (κ1) is 29.0. The van der Waals surface area contributed by atoms with Crippen molar-refractivity contribution in [3.05, 3.63) is 101 Å². The van der Waals surface area contributed by atoms with E-state index in [2.05, 4.69) is 32.2 Å². The Hall–Kier alpha value is -3.60. The molecule has 0 heterocycles. The van der Waals surface area contributed by atoms with Crippen molar-refractivity contribution in [1.82, 2.24) is 10.2 Å². The Balaban J connectivity index is 1.95. The molecule has 1 N–H and O–H groups in total. The molecule has 2 atom stereocenters. The number of benzene rings is 3. The zero-order valence-electron chi connectivity index (χ0n) is 23.7. The van der Waals surface area contributed by atoms with E-state index in [1.54, 1.807) is 4.90 Å². The maximum Gasteiger partial charge on any atom is 0.261 e. The van der Waals surface area contributed by atoms with Gasteiger partial charge in [-0.05, 0) is 48.4 Å². The number of aryl methyl sites for hydroxylation is 1. The molecule has 3 rings (SSSR count). The molecule has 0 radical (unpaired) electrons. The second-order valence-corrected chi connectivity index (χ2v) is 11.1. The molecule has 0 unspecified atom stereocenters. The van der Waals surface area contributed by atoms with Gasteiger partial charge in [-0.3, -0.25) is 9.59 Å². The molecular formula is C33H42N2O3. The van der Waals surface area contributed by atoms with Gasteiger partial charge in [0, 0.05) is 19.0 Å². The van der Waals surface area contributed by atoms with E-state index in [1.807, 2.05) is 93.6 Å². The van der Waals surface area contributed by atoms with E-state index in [0.717, 1.165) is 28.7 Å². The molecule has 202 valence electrons. The Bertz CT molecular complexity index is 1200. The van der Waals surface area contributed by atoms with Crippen molar-refractivity contribution < 1.29 is 14.3 Å². The Morgan fingerprint density at radius 3 is 2.24 bits per heavy atom. The summed E-state index contributed by atoms with van der Waals surface area (Å²) < 4.78 is 6.13. The molecule has 0 saturated carbocycles. The molecule has 5 heteroatoms. The number of carbonyl (C=O) groups is 2. The first-order valence-corrected chi connectivity index (χ1v) is 13.5. The fourth-order valence-electron chi connectivity index (χ4n) is 4.44. The predicted octanol–water partition coefficient (Wildman–Crippen LogP) is 6.23. The summed E-state index contributed by atoms with van der Waals surface area (Å²) in [6.45, 7) is 12.6. The van der Waals surface area contributed by atoms with Crippen molar-refractivity contribution in [2.24, 2.45) is 0 Å². The minimum Gasteiger partial charge on any atom is -0.483 e. The van der Waals surface area contributed by atoms with Gasteiger partial charge in [0.25, 0.3) is 5.91 Å². The van der Waals surface area contributed by atoms with Crippen LogP contribution in [0.15, 0.2) is 78.9 Å². The van der Waals surface area contributed by atoms with Crippen molar-refractivity contribution in [2.45, 2.75) is 78.4 Å². The standard InChI is InChI=1S/C33H42N2O3/c1-7-25(3)34-32(37)29(21-26-15-9-8-10-16-26)35(22-27-17-13-14-24(2)20-27)31(36)23-38-30-19-12-11-18-28(30)33(4,5)6/h8-20,25,29H,7,21-23H2,1-6H3,(H,34,37)/t25-,29-/m0/s1. The van der Waals surface area contributed by atoms with Gasteiger partial charge in [-0.2, -0.15) is 0 Å². The number of para-hydroxylation sites is 1. The van der Waals surface area contributed by atoms with Crippen LogP contribution < -0.4 is 10.1 Å². The van der Waals surface area contributed by atoms with Crippen LogP contribution in [0.3, 0.4) is 0 Å². The van der Waals surface area contributed by atoms with Crippen molar-refractivity contribution in [2.75, 3.05) is 6.61 Å². The van der Waals surface area contributed by atoms with Crippen LogP contribution in [-0.2, 0) is 28.0 Å². The van der Waals surface area contributed by atoms with Crippen LogP contribution in [-0.4, -0.2) is 35.4 Å². The molecule has 38 heavy (non-hydrogen) atoms. The number of ether oxygens (including phenoxy) is 1. The smallest absolute Gasteiger partial charge is 0.261 e. The van der Waals surface area contributed by atoms with Gasteiger partial charge >= 0.3 is 0 Å². The number of nitrogens with zero attached hydrogens (tertiary/aromatic N) is 1. The van der Waals surface area contributed by atoms with Crippen LogP contribution in [0.1, 0.15) is 63.3 Å². The number of carbonyl (C=O) groups excluding carboxylic acids is 2. The van der Waals surface area contributed by atoms with Crippen LogP contribution in [0.2, 0.25) is 0 Å². The zero-order chi connectivity index (χ0) is 27.7. The van der Waals surface area contributed by atoms with E-state index >= 15 is 0 Å². The quantitative estimate of drug-likeness (QED) is 0.330. The normalized spacial score (nSPS) is 12.9. The number of nitrogens with one attached hydrogen (secondary N) is 1. The lowest BCUT2D eigenvalue weighted by Crippen LogP contribution is -2.53. The van der Waals surface area contributed by atoms with Gasteiger partial charge in [-0.25, -0.2) is 0 Å². The van der Waals surface area contributed by atoms with Gasteiger partial charge in [-0.15, -0.1) is 0 Å². The summed E-state index contributed by atoms with van der Waals surface area (Å²) in [6, 6.07) is 25.1. The summed E-state index contributed by atoms with van der Waals surface area (Å²) in [5, 5.41) is 3.11. The number of rotatable bonds is 11. The van der Waals surface area contributed by atoms with Crippen LogP contribution in [0.5, 0.6) is 5.75 Å². The molecule has 5 nitrogen and oxygen atoms in total. The molecule has 0 aliphatic heterocycles. The van der Waals surface area contributed by atoms with Crippen molar-refractivity contribution in [3.63, 3.8) is 0 Å². The van der Waals surface area contributed by atoms with Crippen molar-refractivity contribution in [3.8, 4) is 5.75 Å². The Morgan fingerprint density at radius 2 is 1.58 bits per heavy atom. The predicted molar refractivity (Wildman–Crippen MR) is 154 cm³/mol. The lowest BCUT2D eigenvalue weighted by Gasteiger charge is -2.32. The summed E-state index contributed by atoms with van der Waals surface area (Å²) in [5.41, 5.74) is 3.98. The number of amides is 2. The maximum absolute atomic E-state index is 13.9. The summed E-state index contributed by atoms with van der Waals surface area (Å²) in [4.78, 5) is 29.2. The van der Waals surface area contributed by atoms with Crippen molar-refractivity contribution in [1.29, 1.82) is 0 Å². The van der Waals surface area contributed by atoms with E-state index in [9.17, 15) is 9.59 Å². The number of hydrogen-bond donors (Lipinski definition) is 1. The lowest BCUT2D eigenvalue weighted by atomic mass is 9.86. The highest BCUT2D eigenvalue weighted by atomic mass is 16.5. The first-order valence-electron chi connectivity index (χ1n) is 13.5. The fourth-order valence-corrected chi connectivity index (χ4v) is 4.44. The second-order valence-electron chi connectivity index (χ2n) is 11.1. The van der Waals surface area contributed by atoms with Crippen LogP contribution in [0, 0.1) is 6.92 Å². The van der Waals surface area contributed by atoms with E-state index in [4.69, 9.17) is 4.74 Å². The average Bonchev–Trinajstić information content (AvgIpc) is 2.89. The molecule has 0 bridgehead atoms. The van der Waals surface area contributed by atoms with Gasteiger partial charge in [0.1, 0.15) is 11.8 Å². The highest BCUT2D eigenvalue weighted by Crippen LogP contribution is 2.31. The van der Waals surface area contributed by atoms with E-state index in [0.29, 0.717) is 18.7 Å². The molecule has 0 saturated heterocycles. The van der Waals surface area contributed by atoms with E-state index in [1.165, 1.54) is 0 Å². The Kier molecular flexibility index (Phi) is 10.1. The molecule has 0 spiro atoms. The summed E-state index contributed by atoms with van der Waals surface area (Å²) >= 11 is 0. The minimum absolute atomic E-state index is 0.00612. The molecule has 0 aromatic heterocycles. The van der Waals surface area contributed by atoms with E-state index in [-0.39, 0.29) is 29.9 Å². The third-order valence-electron chi connectivity index (χ3n) is 6.75. The number of hydrogen-bond acceptors (Lipinski definition) is 3. The average molecular weight is 515 g/mol. The third kappa shape index (κ3) is 8.20. The molecule has 3 aromatic rings. The van der Waals surface area contributed by atoms with Crippen LogP contribution in [0.4, 0.5) is 0 Å². The minimum atomic E-state index is -0.680. The van der Waals surface area contributed by atoms with Crippen LogP contribution >= 0.6 is 0 Å². The highest BCUT2D eigenvalue weighted by Gasteiger charge is 2.31. The zero-order valence-corrected chi connectivity index (χ0v) is 23.7. The van der Waals surface area contributed by atoms with Gasteiger partial charge < -0.3 is 15.0 Å². The van der Waals surface area contributed by atoms with Gasteiger partial charge in [0.2, 0.25) is 5.91 Å². The summed E-state index contributed by atoms with van der Waals surface area (Å²) in [7, 11) is 0. The first-order chi connectivity index (χ1) is 18.1. The molecule has 0 fully saturated rings. The molecule has 0 aliphatic rings. The molecule has 0 aliphatic carbocycles. The van der Waals surface area contributed by atoms with Gasteiger partial charge in [-0.1, -0.05) is 106 Å². The lowest BCUT2D eigenvalue weighted by molar-refractivity contribution is -0.143. The Labute approximate surface area is 228 Å². The molecule has 3 aromatic carbocycles. The topological polar surface area (TPSA) is 58.6 Å². The summed E-state index contributed by atoms with van der Waals surface area (Å²) in [6.07, 6.45) is 1.22. The van der Waals surface area contributed by atoms with Crippen molar-refractivity contribution >= 4 is 11.8 Å². The Morgan fingerprint density at radius 1 is 0.921 bits per heavy atom. The van der Waals surface area contributed by atoms with Gasteiger partial charge in [0.15, 0.2) is 6.61 Å². The third-order valence-corrected chi connectivity index (χ3v) is 6.75. The second kappa shape index (κ2) is 13.3. The molecular weight excluding hydrogens is 472 g/mol. The largest absolute Gasteiger partial charge is 0.483 e. The van der Waals surface area contributed by atoms with Gasteiger partial charge in [0.05, 0.1) is 0 Å². The maximum atomic E-state index is 13.9. The monoisotopic (exact) mass is 514 g/mol. The highest BCUT2D eigenvalue weighted by molar-refractivity contribution is 5.88. The fraction of sp³-hybridized carbons (Fsp3) is 0.394. The molecule has 2 amide bonds. The SMILES string of the molecule is CC[C@H](C)NC(=O)[C@H](Cc1ccccc1)N(Cc1cccc(C)c1)C(=O)COc1ccccc1C(C)(C)C. The van der Waals surface area contributed by atoms with Crippen LogP contribution in [0.25, 0.3) is 0 Å². The summed E-state index contributed by atoms with van der Waals surface area (Å²) in [5.74, 6) is 0.308.